The van der Waals surface area contributed by atoms with Crippen LogP contribution in [-0.2, 0) is 6.54 Å². The van der Waals surface area contributed by atoms with E-state index in [1.54, 1.807) is 23.2 Å². The van der Waals surface area contributed by atoms with Crippen molar-refractivity contribution in [1.82, 2.24) is 4.98 Å². The first-order valence-corrected chi connectivity index (χ1v) is 8.49. The maximum atomic E-state index is 13.2. The molecule has 4 nitrogen and oxygen atoms in total. The molecule has 130 valence electrons. The number of hydrogen-bond acceptors (Lipinski definition) is 3. The van der Waals surface area contributed by atoms with Crippen molar-refractivity contribution in [3.05, 3.63) is 103 Å². The minimum Gasteiger partial charge on any atom is -0.381 e. The molecule has 0 aliphatic carbocycles. The molecule has 3 aromatic rings. The lowest BCUT2D eigenvalue weighted by atomic mass is 10.1. The van der Waals surface area contributed by atoms with Crippen molar-refractivity contribution in [2.75, 3.05) is 16.8 Å². The Morgan fingerprint density at radius 3 is 2.42 bits per heavy atom. The zero-order chi connectivity index (χ0) is 18.2. The molecule has 0 saturated heterocycles. The van der Waals surface area contributed by atoms with Gasteiger partial charge in [-0.1, -0.05) is 54.6 Å². The Hall–Kier alpha value is -3.40. The molecule has 4 heteroatoms. The van der Waals surface area contributed by atoms with Gasteiger partial charge in [-0.25, -0.2) is 0 Å². The van der Waals surface area contributed by atoms with E-state index >= 15 is 0 Å². The Morgan fingerprint density at radius 1 is 1.04 bits per heavy atom. The van der Waals surface area contributed by atoms with Gasteiger partial charge in [0.1, 0.15) is 5.69 Å². The molecule has 0 radical (unpaired) electrons. The summed E-state index contributed by atoms with van der Waals surface area (Å²) in [6, 6.07) is 23.2. The average molecular weight is 343 g/mol. The third-order valence-electron chi connectivity index (χ3n) is 3.93. The number of anilines is 2. The summed E-state index contributed by atoms with van der Waals surface area (Å²) in [4.78, 5) is 19.2. The predicted molar refractivity (Wildman–Crippen MR) is 106 cm³/mol. The van der Waals surface area contributed by atoms with E-state index in [2.05, 4.69) is 16.9 Å². The monoisotopic (exact) mass is 343 g/mol. The Morgan fingerprint density at radius 2 is 1.73 bits per heavy atom. The molecule has 0 spiro atoms. The zero-order valence-corrected chi connectivity index (χ0v) is 14.5. The Labute approximate surface area is 153 Å². The van der Waals surface area contributed by atoms with Gasteiger partial charge in [-0.2, -0.15) is 0 Å². The molecule has 0 aliphatic rings. The van der Waals surface area contributed by atoms with Crippen LogP contribution in [0.4, 0.5) is 11.4 Å². The standard InChI is InChI=1S/C22H21N3O/c1-2-14-23-19-13-15-24-21(16-19)22(26)25(20-11-7-4-8-12-20)17-18-9-5-3-6-10-18/h2-13,15-16H,1,14,17H2,(H,23,24). The second kappa shape index (κ2) is 8.62. The van der Waals surface area contributed by atoms with Crippen molar-refractivity contribution < 1.29 is 4.79 Å². The van der Waals surface area contributed by atoms with Crippen molar-refractivity contribution in [1.29, 1.82) is 0 Å². The van der Waals surface area contributed by atoms with Crippen molar-refractivity contribution in [3.8, 4) is 0 Å². The van der Waals surface area contributed by atoms with Crippen LogP contribution >= 0.6 is 0 Å². The fraction of sp³-hybridized carbons (Fsp3) is 0.0909. The molecule has 0 saturated carbocycles. The number of benzene rings is 2. The first kappa shape index (κ1) is 17.4. The first-order chi connectivity index (χ1) is 12.8. The number of nitrogens with one attached hydrogen (secondary N) is 1. The number of para-hydroxylation sites is 1. The molecule has 0 bridgehead atoms. The largest absolute Gasteiger partial charge is 0.381 e. The summed E-state index contributed by atoms with van der Waals surface area (Å²) in [6.45, 7) is 4.81. The lowest BCUT2D eigenvalue weighted by Gasteiger charge is -2.23. The van der Waals surface area contributed by atoms with Crippen molar-refractivity contribution in [2.45, 2.75) is 6.54 Å². The summed E-state index contributed by atoms with van der Waals surface area (Å²) in [5, 5.41) is 3.19. The maximum absolute atomic E-state index is 13.2. The predicted octanol–water partition coefficient (Wildman–Crippen LogP) is 4.53. The summed E-state index contributed by atoms with van der Waals surface area (Å²) in [5.74, 6) is -0.137. The number of aromatic nitrogens is 1. The van der Waals surface area contributed by atoms with Crippen LogP contribution in [0.1, 0.15) is 16.1 Å². The summed E-state index contributed by atoms with van der Waals surface area (Å²) in [5.41, 5.74) is 3.15. The highest BCUT2D eigenvalue weighted by Crippen LogP contribution is 2.20. The van der Waals surface area contributed by atoms with Gasteiger partial charge >= 0.3 is 0 Å². The van der Waals surface area contributed by atoms with E-state index < -0.39 is 0 Å². The van der Waals surface area contributed by atoms with Gasteiger partial charge in [0, 0.05) is 24.1 Å². The summed E-state index contributed by atoms with van der Waals surface area (Å²) < 4.78 is 0. The molecule has 0 aliphatic heterocycles. The zero-order valence-electron chi connectivity index (χ0n) is 14.5. The number of pyridine rings is 1. The van der Waals surface area contributed by atoms with Crippen molar-refractivity contribution in [2.24, 2.45) is 0 Å². The quantitative estimate of drug-likeness (QED) is 0.641. The third-order valence-corrected chi connectivity index (χ3v) is 3.93. The first-order valence-electron chi connectivity index (χ1n) is 8.49. The van der Waals surface area contributed by atoms with Crippen molar-refractivity contribution in [3.63, 3.8) is 0 Å². The molecular weight excluding hydrogens is 322 g/mol. The van der Waals surface area contributed by atoms with E-state index in [9.17, 15) is 4.79 Å². The van der Waals surface area contributed by atoms with Crippen LogP contribution in [0.3, 0.4) is 0 Å². The van der Waals surface area contributed by atoms with Gasteiger partial charge in [-0.05, 0) is 29.8 Å². The van der Waals surface area contributed by atoms with E-state index in [1.165, 1.54) is 0 Å². The molecule has 0 unspecified atom stereocenters. The minimum atomic E-state index is -0.137. The van der Waals surface area contributed by atoms with Crippen LogP contribution in [0.2, 0.25) is 0 Å². The van der Waals surface area contributed by atoms with Crippen LogP contribution < -0.4 is 10.2 Å². The van der Waals surface area contributed by atoms with Crippen LogP contribution in [0, 0.1) is 0 Å². The van der Waals surface area contributed by atoms with Gasteiger partial charge < -0.3 is 10.2 Å². The maximum Gasteiger partial charge on any atom is 0.277 e. The lowest BCUT2D eigenvalue weighted by molar-refractivity contribution is 0.0980. The van der Waals surface area contributed by atoms with Crippen LogP contribution in [0.25, 0.3) is 0 Å². The summed E-state index contributed by atoms with van der Waals surface area (Å²) in [7, 11) is 0. The molecule has 0 fully saturated rings. The number of amides is 1. The van der Waals surface area contributed by atoms with E-state index in [0.29, 0.717) is 18.8 Å². The molecular formula is C22H21N3O. The van der Waals surface area contributed by atoms with Gasteiger partial charge in [0.05, 0.1) is 6.54 Å². The van der Waals surface area contributed by atoms with Gasteiger partial charge in [0.2, 0.25) is 0 Å². The van der Waals surface area contributed by atoms with Crippen molar-refractivity contribution >= 4 is 17.3 Å². The van der Waals surface area contributed by atoms with Gasteiger partial charge in [0.15, 0.2) is 0 Å². The highest BCUT2D eigenvalue weighted by molar-refractivity contribution is 6.05. The topological polar surface area (TPSA) is 45.2 Å². The molecule has 1 aromatic heterocycles. The minimum absolute atomic E-state index is 0.137. The summed E-state index contributed by atoms with van der Waals surface area (Å²) in [6.07, 6.45) is 3.41. The molecule has 0 atom stereocenters. The van der Waals surface area contributed by atoms with E-state index in [1.807, 2.05) is 66.7 Å². The Kier molecular flexibility index (Phi) is 5.78. The average Bonchev–Trinajstić information content (AvgIpc) is 2.71. The normalized spacial score (nSPS) is 10.2. The molecule has 2 aromatic carbocycles. The lowest BCUT2D eigenvalue weighted by Crippen LogP contribution is -2.31. The van der Waals surface area contributed by atoms with Gasteiger partial charge in [-0.15, -0.1) is 6.58 Å². The molecule has 1 N–H and O–H groups in total. The number of hydrogen-bond donors (Lipinski definition) is 1. The van der Waals surface area contributed by atoms with E-state index in [-0.39, 0.29) is 5.91 Å². The second-order valence-corrected chi connectivity index (χ2v) is 5.81. The van der Waals surface area contributed by atoms with Crippen LogP contribution in [-0.4, -0.2) is 17.4 Å². The van der Waals surface area contributed by atoms with Crippen LogP contribution in [0.5, 0.6) is 0 Å². The number of rotatable bonds is 7. The smallest absolute Gasteiger partial charge is 0.277 e. The molecule has 1 heterocycles. The Bertz CT molecular complexity index is 863. The molecule has 26 heavy (non-hydrogen) atoms. The van der Waals surface area contributed by atoms with Crippen LogP contribution in [0.15, 0.2) is 91.6 Å². The SMILES string of the molecule is C=CCNc1ccnc(C(=O)N(Cc2ccccc2)c2ccccc2)c1. The highest BCUT2D eigenvalue weighted by Gasteiger charge is 2.19. The molecule has 1 amide bonds. The fourth-order valence-corrected chi connectivity index (χ4v) is 2.64. The fourth-order valence-electron chi connectivity index (χ4n) is 2.64. The van der Waals surface area contributed by atoms with E-state index in [4.69, 9.17) is 0 Å². The molecule has 3 rings (SSSR count). The third kappa shape index (κ3) is 4.36. The summed E-state index contributed by atoms with van der Waals surface area (Å²) >= 11 is 0. The van der Waals surface area contributed by atoms with Gasteiger partial charge in [-0.3, -0.25) is 9.78 Å². The number of carbonyl (C=O) groups is 1. The number of nitrogens with zero attached hydrogens (tertiary/aromatic N) is 2. The number of carbonyl (C=O) groups excluding carboxylic acids is 1. The van der Waals surface area contributed by atoms with E-state index in [0.717, 1.165) is 16.9 Å². The second-order valence-electron chi connectivity index (χ2n) is 5.81. The highest BCUT2D eigenvalue weighted by atomic mass is 16.2. The Balaban J connectivity index is 1.91. The van der Waals surface area contributed by atoms with Gasteiger partial charge in [0.25, 0.3) is 5.91 Å².